The molecule has 364 valence electrons. The van der Waals surface area contributed by atoms with Gasteiger partial charge in [-0.3, -0.25) is 9.59 Å². The fourth-order valence-corrected chi connectivity index (χ4v) is 10.7. The maximum Gasteiger partial charge on any atom is 0.329 e. The van der Waals surface area contributed by atoms with Crippen molar-refractivity contribution < 1.29 is 58.9 Å². The van der Waals surface area contributed by atoms with Gasteiger partial charge in [-0.05, 0) is 101 Å². The molecule has 0 aromatic heterocycles. The van der Waals surface area contributed by atoms with Crippen LogP contribution in [-0.4, -0.2) is 152 Å². The van der Waals surface area contributed by atoms with Crippen LogP contribution in [0.15, 0.2) is 35.5 Å². The predicted octanol–water partition coefficient (Wildman–Crippen LogP) is 4.39. The summed E-state index contributed by atoms with van der Waals surface area (Å²) in [7, 11) is 3.13. The van der Waals surface area contributed by atoms with Gasteiger partial charge < -0.3 is 60.5 Å². The van der Waals surface area contributed by atoms with Crippen LogP contribution in [0, 0.1) is 29.1 Å². The summed E-state index contributed by atoms with van der Waals surface area (Å²) in [5, 5.41) is 65.3. The molecule has 0 spiro atoms. The van der Waals surface area contributed by atoms with E-state index in [0.717, 1.165) is 5.57 Å². The van der Waals surface area contributed by atoms with Crippen molar-refractivity contribution in [2.24, 2.45) is 29.4 Å². The number of hydrogen-bond donors (Lipinski definition) is 7. The number of aliphatic hydroxyl groups excluding tert-OH is 4. The minimum Gasteiger partial charge on any atom is -0.459 e. The molecule has 1 saturated carbocycles. The maximum atomic E-state index is 14.3. The summed E-state index contributed by atoms with van der Waals surface area (Å²) in [5.74, 6) is -6.32. The highest BCUT2D eigenvalue weighted by Crippen LogP contribution is 2.37. The van der Waals surface area contributed by atoms with Crippen molar-refractivity contribution in [3.63, 3.8) is 0 Å². The number of rotatable bonds is 5. The van der Waals surface area contributed by atoms with Gasteiger partial charge in [-0.25, -0.2) is 4.79 Å². The number of carbonyl (C=O) groups is 3. The molecule has 15 nitrogen and oxygen atoms in total. The van der Waals surface area contributed by atoms with Crippen molar-refractivity contribution in [3.8, 4) is 0 Å². The molecule has 8 N–H and O–H groups in total. The van der Waals surface area contributed by atoms with E-state index in [0.29, 0.717) is 75.5 Å². The maximum absolute atomic E-state index is 14.3. The van der Waals surface area contributed by atoms with Gasteiger partial charge >= 0.3 is 5.97 Å². The second-order valence-corrected chi connectivity index (χ2v) is 20.6. The normalized spacial score (nSPS) is 40.4. The lowest BCUT2D eigenvalue weighted by molar-refractivity contribution is -0.265. The molecule has 0 unspecified atom stereocenters. The number of ether oxygens (including phenoxy) is 4. The Bertz CT molecular complexity index is 1660. The quantitative estimate of drug-likeness (QED) is 0.115. The van der Waals surface area contributed by atoms with E-state index in [1.54, 1.807) is 52.8 Å². The SMILES string of the molecule is CO[C@H]1C[C@@H]2CC[C@@H](C)[C@@](O)(O2)C(=O)C(=O)N2CCCC[C@H]2C(=O)O[C@H]([C@H](N)C[C@@H]2CC[C@@H](O)[C@H](OC)C2)C[C@@H](O)[C@H](C)/C=C(\C)[C@@H](O)[C@@H](O)C(=N)[C@H](C)C[C@H](C)SCC=CC=C1C. The Kier molecular flexibility index (Phi) is 21.2. The molecular weight excluding hydrogens is 843 g/mol. The molecule has 3 heterocycles. The number of aliphatic hydroxyl groups is 5. The van der Waals surface area contributed by atoms with Gasteiger partial charge in [0.15, 0.2) is 0 Å². The number of thioether (sulfide) groups is 1. The molecule has 16 heteroatoms. The average molecular weight is 922 g/mol. The molecule has 4 rings (SSSR count). The number of fused-ring (bicyclic) bond motifs is 3. The first-order chi connectivity index (χ1) is 30.2. The number of carbonyl (C=O) groups excluding carboxylic acids is 3. The van der Waals surface area contributed by atoms with Crippen molar-refractivity contribution >= 4 is 35.1 Å². The Morgan fingerprint density at radius 2 is 1.62 bits per heavy atom. The molecule has 2 saturated heterocycles. The van der Waals surface area contributed by atoms with Gasteiger partial charge in [0.2, 0.25) is 5.79 Å². The summed E-state index contributed by atoms with van der Waals surface area (Å²) in [6.07, 6.45) is 5.65. The van der Waals surface area contributed by atoms with Crippen LogP contribution < -0.4 is 5.73 Å². The molecule has 4 aliphatic rings. The number of Topliss-reactive ketones (excluding diaryl/α,β-unsaturated/α-hetero) is 1. The van der Waals surface area contributed by atoms with Crippen LogP contribution in [0.3, 0.4) is 0 Å². The third kappa shape index (κ3) is 14.3. The first-order valence-corrected chi connectivity index (χ1v) is 24.5. The number of allylic oxidation sites excluding steroid dienone is 2. The average Bonchev–Trinajstić information content (AvgIpc) is 3.27. The van der Waals surface area contributed by atoms with Crippen LogP contribution in [0.2, 0.25) is 0 Å². The van der Waals surface area contributed by atoms with Crippen molar-refractivity contribution in [2.45, 2.75) is 191 Å². The van der Waals surface area contributed by atoms with Crippen LogP contribution in [-0.2, 0) is 33.3 Å². The highest BCUT2D eigenvalue weighted by molar-refractivity contribution is 8.00. The monoisotopic (exact) mass is 922 g/mol. The second kappa shape index (κ2) is 25.0. The minimum atomic E-state index is -2.43. The van der Waals surface area contributed by atoms with Crippen molar-refractivity contribution in [1.82, 2.24) is 4.90 Å². The van der Waals surface area contributed by atoms with E-state index < -0.39 is 90.1 Å². The van der Waals surface area contributed by atoms with E-state index in [1.165, 1.54) is 4.90 Å². The van der Waals surface area contributed by atoms with Gasteiger partial charge in [-0.1, -0.05) is 52.0 Å². The standard InChI is InChI=1S/C48H79N3O12S/c1-27-13-10-12-20-64-32(6)22-29(3)42(50)44(55)43(54)30(4)21-28(2)38(53)26-40(35(49)23-33-16-18-37(52)41(24-33)61-8)62-47(58)36-14-9-11-19-51(36)46(57)45(56)48(59)31(5)15-17-34(63-48)25-39(27)60-7/h10,12-13,21,28-29,31-41,43-44,50,52-55,59H,9,11,14-20,22-26,49H2,1-8H3/b12-10?,27-13?,30-21+,50-42?/t28-,29-,31-,32+,33+,34+,35-,36+,37-,38-,39+,40+,41-,43-,44+,48-/m1/s1. The predicted molar refractivity (Wildman–Crippen MR) is 246 cm³/mol. The fourth-order valence-electron chi connectivity index (χ4n) is 9.74. The minimum absolute atomic E-state index is 0.0141. The molecule has 1 aliphatic carbocycles. The highest BCUT2D eigenvalue weighted by Gasteiger charge is 2.53. The van der Waals surface area contributed by atoms with Gasteiger partial charge in [-0.2, -0.15) is 11.8 Å². The Morgan fingerprint density at radius 1 is 0.906 bits per heavy atom. The van der Waals surface area contributed by atoms with Crippen molar-refractivity contribution in [2.75, 3.05) is 26.5 Å². The molecule has 0 radical (unpaired) electrons. The number of cyclic esters (lactones) is 1. The summed E-state index contributed by atoms with van der Waals surface area (Å²) in [6.45, 7) is 11.0. The lowest BCUT2D eigenvalue weighted by atomic mass is 9.80. The lowest BCUT2D eigenvalue weighted by Gasteiger charge is -2.42. The van der Waals surface area contributed by atoms with Crippen molar-refractivity contribution in [3.05, 3.63) is 35.5 Å². The zero-order chi connectivity index (χ0) is 47.5. The smallest absolute Gasteiger partial charge is 0.329 e. The number of nitrogens with two attached hydrogens (primary N) is 1. The summed E-state index contributed by atoms with van der Waals surface area (Å²) < 4.78 is 23.7. The second-order valence-electron chi connectivity index (χ2n) is 19.1. The zero-order valence-corrected chi connectivity index (χ0v) is 40.2. The van der Waals surface area contributed by atoms with Crippen LogP contribution >= 0.6 is 11.8 Å². The number of nitrogens with one attached hydrogen (secondary N) is 1. The van der Waals surface area contributed by atoms with Gasteiger partial charge in [0.1, 0.15) is 24.4 Å². The lowest BCUT2D eigenvalue weighted by Crippen LogP contribution is -2.61. The summed E-state index contributed by atoms with van der Waals surface area (Å²) in [4.78, 5) is 43.8. The molecule has 1 amide bonds. The number of hydrogen-bond acceptors (Lipinski definition) is 15. The van der Waals surface area contributed by atoms with Crippen LogP contribution in [0.25, 0.3) is 0 Å². The molecule has 3 fully saturated rings. The summed E-state index contributed by atoms with van der Waals surface area (Å²) >= 11 is 1.70. The molecule has 0 aromatic carbocycles. The molecule has 16 atom stereocenters. The van der Waals surface area contributed by atoms with Crippen LogP contribution in [0.4, 0.5) is 0 Å². The topological polar surface area (TPSA) is 242 Å². The van der Waals surface area contributed by atoms with E-state index in [4.69, 9.17) is 30.1 Å². The van der Waals surface area contributed by atoms with Gasteiger partial charge in [0.25, 0.3) is 11.7 Å². The fraction of sp³-hybridized carbons (Fsp3) is 0.792. The van der Waals surface area contributed by atoms with E-state index in [-0.39, 0.29) is 48.3 Å². The number of ketones is 1. The molecule has 2 bridgehead atoms. The van der Waals surface area contributed by atoms with E-state index in [9.17, 15) is 39.9 Å². The van der Waals surface area contributed by atoms with E-state index in [1.807, 2.05) is 32.1 Å². The number of esters is 1. The number of piperidine rings is 1. The number of methoxy groups -OCH3 is 2. The van der Waals surface area contributed by atoms with E-state index >= 15 is 0 Å². The third-order valence-corrected chi connectivity index (χ3v) is 15.3. The summed E-state index contributed by atoms with van der Waals surface area (Å²) in [5.41, 5.74) is 8.13. The number of nitrogens with zero attached hydrogens (tertiary/aromatic N) is 1. The molecule has 0 aromatic rings. The Hall–Kier alpha value is -2.51. The van der Waals surface area contributed by atoms with Gasteiger partial charge in [0.05, 0.1) is 30.5 Å². The number of amides is 1. The molecule has 64 heavy (non-hydrogen) atoms. The Balaban J connectivity index is 1.67. The molecule has 3 aliphatic heterocycles. The third-order valence-electron chi connectivity index (χ3n) is 14.2. The Labute approximate surface area is 385 Å². The molecular formula is C48H79N3O12S. The summed E-state index contributed by atoms with van der Waals surface area (Å²) in [6, 6.07) is -1.94. The van der Waals surface area contributed by atoms with Gasteiger partial charge in [0, 0.05) is 68.2 Å². The van der Waals surface area contributed by atoms with Gasteiger partial charge in [-0.15, -0.1) is 0 Å². The zero-order valence-electron chi connectivity index (χ0n) is 39.4. The van der Waals surface area contributed by atoms with Crippen LogP contribution in [0.1, 0.15) is 119 Å². The van der Waals surface area contributed by atoms with E-state index in [2.05, 4.69) is 6.92 Å². The van der Waals surface area contributed by atoms with Crippen LogP contribution in [0.5, 0.6) is 0 Å². The first-order valence-electron chi connectivity index (χ1n) is 23.4. The highest BCUT2D eigenvalue weighted by atomic mass is 32.2. The van der Waals surface area contributed by atoms with Crippen molar-refractivity contribution in [1.29, 1.82) is 5.41 Å². The Morgan fingerprint density at radius 3 is 2.31 bits per heavy atom. The first kappa shape index (κ1) is 54.1. The largest absolute Gasteiger partial charge is 0.459 e.